The predicted molar refractivity (Wildman–Crippen MR) is 102 cm³/mol. The molecular weight excluding hydrogens is 348 g/mol. The fourth-order valence-corrected chi connectivity index (χ4v) is 3.59. The third kappa shape index (κ3) is 4.90. The molecule has 2 aromatic carbocycles. The monoisotopic (exact) mass is 368 g/mol. The van der Waals surface area contributed by atoms with Crippen LogP contribution in [-0.2, 0) is 25.5 Å². The fraction of sp³-hybridized carbons (Fsp3) is 0.238. The van der Waals surface area contributed by atoms with Gasteiger partial charge in [0.15, 0.2) is 0 Å². The molecule has 4 nitrogen and oxygen atoms in total. The highest BCUT2D eigenvalue weighted by Crippen LogP contribution is 2.38. The number of carbonyl (C=O) groups excluding carboxylic acids is 2. The van der Waals surface area contributed by atoms with Crippen LogP contribution in [0.4, 0.5) is 0 Å². The van der Waals surface area contributed by atoms with Gasteiger partial charge >= 0.3 is 11.9 Å². The van der Waals surface area contributed by atoms with Crippen molar-refractivity contribution in [3.8, 4) is 12.3 Å². The molecule has 0 aliphatic rings. The van der Waals surface area contributed by atoms with Gasteiger partial charge in [-0.05, 0) is 36.2 Å². The van der Waals surface area contributed by atoms with Gasteiger partial charge in [-0.3, -0.25) is 9.59 Å². The first kappa shape index (κ1) is 19.6. The highest BCUT2D eigenvalue weighted by molar-refractivity contribution is 8.00. The topological polar surface area (TPSA) is 52.6 Å². The summed E-state index contributed by atoms with van der Waals surface area (Å²) in [7, 11) is 1.32. The summed E-state index contributed by atoms with van der Waals surface area (Å²) in [4.78, 5) is 25.4. The Morgan fingerprint density at radius 1 is 1.15 bits per heavy atom. The van der Waals surface area contributed by atoms with Crippen LogP contribution in [0.15, 0.2) is 53.4 Å². The zero-order valence-corrected chi connectivity index (χ0v) is 15.5. The molecule has 0 aromatic heterocycles. The molecule has 0 aliphatic heterocycles. The molecule has 1 unspecified atom stereocenters. The third-order valence-corrected chi connectivity index (χ3v) is 4.92. The summed E-state index contributed by atoms with van der Waals surface area (Å²) in [6.45, 7) is 2.03. The Balaban J connectivity index is 2.51. The van der Waals surface area contributed by atoms with E-state index in [1.807, 2.05) is 30.3 Å². The van der Waals surface area contributed by atoms with Crippen LogP contribution < -0.4 is 0 Å². The van der Waals surface area contributed by atoms with Crippen molar-refractivity contribution in [2.75, 3.05) is 13.7 Å². The number of ether oxygens (including phenoxy) is 2. The lowest BCUT2D eigenvalue weighted by Crippen LogP contribution is -2.17. The molecule has 2 aromatic rings. The van der Waals surface area contributed by atoms with E-state index in [1.54, 1.807) is 25.1 Å². The number of rotatable bonds is 7. The van der Waals surface area contributed by atoms with Gasteiger partial charge in [-0.15, -0.1) is 18.2 Å². The summed E-state index contributed by atoms with van der Waals surface area (Å²) >= 11 is 1.36. The Hall–Kier alpha value is -2.71. The highest BCUT2D eigenvalue weighted by atomic mass is 32.2. The summed E-state index contributed by atoms with van der Waals surface area (Å²) in [5.74, 6) is 1.80. The first-order valence-electron chi connectivity index (χ1n) is 8.14. The molecule has 0 fully saturated rings. The summed E-state index contributed by atoms with van der Waals surface area (Å²) in [5, 5.41) is -0.634. The average molecular weight is 368 g/mol. The van der Waals surface area contributed by atoms with Crippen molar-refractivity contribution in [1.29, 1.82) is 0 Å². The van der Waals surface area contributed by atoms with E-state index in [-0.39, 0.29) is 19.0 Å². The molecule has 2 rings (SSSR count). The second kappa shape index (κ2) is 9.69. The Morgan fingerprint density at radius 3 is 2.50 bits per heavy atom. The number of benzene rings is 2. The van der Waals surface area contributed by atoms with E-state index in [9.17, 15) is 9.59 Å². The van der Waals surface area contributed by atoms with Gasteiger partial charge in [0.2, 0.25) is 0 Å². The summed E-state index contributed by atoms with van der Waals surface area (Å²) < 4.78 is 10.0. The third-order valence-electron chi connectivity index (χ3n) is 3.70. The van der Waals surface area contributed by atoms with Crippen LogP contribution >= 0.6 is 11.8 Å². The molecule has 0 amide bonds. The molecule has 0 saturated carbocycles. The largest absolute Gasteiger partial charge is 0.469 e. The minimum Gasteiger partial charge on any atom is -0.469 e. The minimum absolute atomic E-state index is 0.00252. The van der Waals surface area contributed by atoms with Gasteiger partial charge < -0.3 is 9.47 Å². The SMILES string of the molecule is C#Cc1cccc(C(Sc2ccccc2)C(=O)OCC)c1CC(=O)OC. The van der Waals surface area contributed by atoms with Crippen LogP contribution in [-0.4, -0.2) is 25.7 Å². The number of hydrogen-bond donors (Lipinski definition) is 0. The Labute approximate surface area is 157 Å². The Bertz CT molecular complexity index is 809. The predicted octanol–water partition coefficient (Wildman–Crippen LogP) is 3.78. The molecule has 0 radical (unpaired) electrons. The van der Waals surface area contributed by atoms with Gasteiger partial charge in [-0.25, -0.2) is 0 Å². The molecule has 26 heavy (non-hydrogen) atoms. The first-order valence-corrected chi connectivity index (χ1v) is 9.02. The number of esters is 2. The van der Waals surface area contributed by atoms with E-state index in [4.69, 9.17) is 15.9 Å². The zero-order chi connectivity index (χ0) is 18.9. The van der Waals surface area contributed by atoms with Crippen molar-refractivity contribution < 1.29 is 19.1 Å². The molecule has 0 aliphatic carbocycles. The number of thioether (sulfide) groups is 1. The second-order valence-electron chi connectivity index (χ2n) is 5.33. The van der Waals surface area contributed by atoms with Gasteiger partial charge in [0.1, 0.15) is 5.25 Å². The number of hydrogen-bond acceptors (Lipinski definition) is 5. The van der Waals surface area contributed by atoms with Gasteiger partial charge in [0.25, 0.3) is 0 Å². The van der Waals surface area contributed by atoms with Crippen LogP contribution in [0.3, 0.4) is 0 Å². The second-order valence-corrected chi connectivity index (χ2v) is 6.51. The van der Waals surface area contributed by atoms with E-state index in [2.05, 4.69) is 5.92 Å². The zero-order valence-electron chi connectivity index (χ0n) is 14.7. The van der Waals surface area contributed by atoms with E-state index in [1.165, 1.54) is 18.9 Å². The van der Waals surface area contributed by atoms with Crippen LogP contribution in [0.1, 0.15) is 28.9 Å². The molecule has 0 saturated heterocycles. The van der Waals surface area contributed by atoms with E-state index >= 15 is 0 Å². The summed E-state index contributed by atoms with van der Waals surface area (Å²) in [5.41, 5.74) is 1.84. The Morgan fingerprint density at radius 2 is 1.88 bits per heavy atom. The summed E-state index contributed by atoms with van der Waals surface area (Å²) in [6.07, 6.45) is 5.60. The van der Waals surface area contributed by atoms with Crippen molar-refractivity contribution in [3.05, 3.63) is 65.2 Å². The maximum atomic E-state index is 12.6. The Kier molecular flexibility index (Phi) is 7.31. The van der Waals surface area contributed by atoms with E-state index < -0.39 is 11.2 Å². The molecule has 1 atom stereocenters. The normalized spacial score (nSPS) is 11.3. The van der Waals surface area contributed by atoms with Crippen LogP contribution in [0.2, 0.25) is 0 Å². The maximum absolute atomic E-state index is 12.6. The minimum atomic E-state index is -0.634. The number of methoxy groups -OCH3 is 1. The highest BCUT2D eigenvalue weighted by Gasteiger charge is 2.27. The summed E-state index contributed by atoms with van der Waals surface area (Å²) in [6, 6.07) is 14.9. The molecule has 0 heterocycles. The smallest absolute Gasteiger partial charge is 0.323 e. The quantitative estimate of drug-likeness (QED) is 0.423. The molecular formula is C21H20O4S. The first-order chi connectivity index (χ1) is 12.6. The molecule has 134 valence electrons. The van der Waals surface area contributed by atoms with Gasteiger partial charge in [0.05, 0.1) is 20.1 Å². The van der Waals surface area contributed by atoms with Crippen LogP contribution in [0.25, 0.3) is 0 Å². The van der Waals surface area contributed by atoms with Crippen molar-refractivity contribution in [2.45, 2.75) is 23.5 Å². The van der Waals surface area contributed by atoms with Gasteiger partial charge in [-0.1, -0.05) is 36.3 Å². The van der Waals surface area contributed by atoms with Gasteiger partial charge in [0, 0.05) is 10.5 Å². The van der Waals surface area contributed by atoms with Crippen molar-refractivity contribution >= 4 is 23.7 Å². The lowest BCUT2D eigenvalue weighted by atomic mass is 9.96. The average Bonchev–Trinajstić information content (AvgIpc) is 2.67. The maximum Gasteiger partial charge on any atom is 0.323 e. The van der Waals surface area contributed by atoms with Crippen molar-refractivity contribution in [3.63, 3.8) is 0 Å². The number of terminal acetylenes is 1. The molecule has 0 N–H and O–H groups in total. The lowest BCUT2D eigenvalue weighted by molar-refractivity contribution is -0.143. The van der Waals surface area contributed by atoms with Gasteiger partial charge in [-0.2, -0.15) is 0 Å². The molecule has 5 heteroatoms. The van der Waals surface area contributed by atoms with Crippen LogP contribution in [0, 0.1) is 12.3 Å². The number of carbonyl (C=O) groups is 2. The van der Waals surface area contributed by atoms with Crippen molar-refractivity contribution in [2.24, 2.45) is 0 Å². The van der Waals surface area contributed by atoms with E-state index in [0.29, 0.717) is 16.7 Å². The van der Waals surface area contributed by atoms with Crippen molar-refractivity contribution in [1.82, 2.24) is 0 Å². The standard InChI is InChI=1S/C21H20O4S/c1-4-15-10-9-13-17(18(15)14-19(22)24-3)20(21(23)25-5-2)26-16-11-7-6-8-12-16/h1,6-13,20H,5,14H2,2-3H3. The molecule has 0 spiro atoms. The van der Waals surface area contributed by atoms with E-state index in [0.717, 1.165) is 4.90 Å². The fourth-order valence-electron chi connectivity index (χ4n) is 2.49. The molecule has 0 bridgehead atoms. The lowest BCUT2D eigenvalue weighted by Gasteiger charge is -2.20. The van der Waals surface area contributed by atoms with Crippen LogP contribution in [0.5, 0.6) is 0 Å².